The summed E-state index contributed by atoms with van der Waals surface area (Å²) in [7, 11) is 0. The second-order valence-corrected chi connectivity index (χ2v) is 7.06. The lowest BCUT2D eigenvalue weighted by Crippen LogP contribution is -2.22. The van der Waals surface area contributed by atoms with Crippen molar-refractivity contribution in [2.45, 2.75) is 13.1 Å². The lowest BCUT2D eigenvalue weighted by molar-refractivity contribution is -0.385. The second-order valence-electron chi connectivity index (χ2n) is 6.15. The Bertz CT molecular complexity index is 1120. The van der Waals surface area contributed by atoms with Crippen LogP contribution in [0.5, 0.6) is 0 Å². The summed E-state index contributed by atoms with van der Waals surface area (Å²) in [6.07, 6.45) is 1.49. The molecule has 0 spiro atoms. The minimum absolute atomic E-state index is 0.0116. The molecule has 10 heteroatoms. The number of nitro groups is 1. The predicted octanol–water partition coefficient (Wildman–Crippen LogP) is 4.38. The number of hydrazone groups is 1. The number of hydrogen-bond donors (Lipinski definition) is 1. The summed E-state index contributed by atoms with van der Waals surface area (Å²) in [6.45, 7) is 0.505. The minimum Gasteiger partial charge on any atom is -0.340 e. The molecule has 0 saturated carbocycles. The Hall–Kier alpha value is -3.14. The van der Waals surface area contributed by atoms with Crippen LogP contribution in [0.15, 0.2) is 46.0 Å². The van der Waals surface area contributed by atoms with Gasteiger partial charge in [-0.05, 0) is 24.3 Å². The molecule has 28 heavy (non-hydrogen) atoms. The van der Waals surface area contributed by atoms with Gasteiger partial charge in [0.05, 0.1) is 41.0 Å². The number of benzene rings is 2. The van der Waals surface area contributed by atoms with Crippen LogP contribution >= 0.6 is 15.9 Å². The van der Waals surface area contributed by atoms with Crippen molar-refractivity contribution in [2.75, 3.05) is 0 Å². The van der Waals surface area contributed by atoms with E-state index in [1.165, 1.54) is 24.4 Å². The number of nitro benzene ring substituents is 1. The van der Waals surface area contributed by atoms with E-state index in [1.54, 1.807) is 17.1 Å². The zero-order valence-corrected chi connectivity index (χ0v) is 15.8. The molecule has 2 aromatic carbocycles. The fourth-order valence-electron chi connectivity index (χ4n) is 2.96. The van der Waals surface area contributed by atoms with Gasteiger partial charge in [-0.1, -0.05) is 22.0 Å². The van der Waals surface area contributed by atoms with Gasteiger partial charge in [0.25, 0.3) is 5.69 Å². The summed E-state index contributed by atoms with van der Waals surface area (Å²) in [5.74, 6) is -1.73. The van der Waals surface area contributed by atoms with Crippen molar-refractivity contribution >= 4 is 27.8 Å². The average Bonchev–Trinajstić information content (AvgIpc) is 3.08. The molecule has 2 heterocycles. The normalized spacial score (nSPS) is 12.9. The van der Waals surface area contributed by atoms with E-state index in [4.69, 9.17) is 0 Å². The van der Waals surface area contributed by atoms with Crippen LogP contribution in [0.3, 0.4) is 0 Å². The highest BCUT2D eigenvalue weighted by molar-refractivity contribution is 9.10. The maximum atomic E-state index is 14.0. The summed E-state index contributed by atoms with van der Waals surface area (Å²) in [5, 5.41) is 17.2. The van der Waals surface area contributed by atoms with Crippen LogP contribution in [0, 0.1) is 21.7 Å². The van der Waals surface area contributed by atoms with Gasteiger partial charge in [0.1, 0.15) is 11.5 Å². The van der Waals surface area contributed by atoms with Crippen LogP contribution in [0.25, 0.3) is 11.4 Å². The Balaban J connectivity index is 1.59. The molecule has 1 aromatic heterocycles. The van der Waals surface area contributed by atoms with E-state index in [0.29, 0.717) is 28.0 Å². The number of hydrogen-bond acceptors (Lipinski definition) is 5. The van der Waals surface area contributed by atoms with Crippen LogP contribution in [0.2, 0.25) is 0 Å². The van der Waals surface area contributed by atoms with E-state index in [9.17, 15) is 18.9 Å². The number of H-pyrrole nitrogens is 1. The SMILES string of the molecule is O=[N+]([O-])c1cc(Br)ccc1CN1Cc2[nH]c(-c3cccc(F)c3F)nc2C=N1. The number of nitrogens with zero attached hydrogens (tertiary/aromatic N) is 4. The molecule has 0 unspecified atom stereocenters. The summed E-state index contributed by atoms with van der Waals surface area (Å²) < 4.78 is 28.1. The largest absolute Gasteiger partial charge is 0.340 e. The number of imidazole rings is 1. The first-order valence-corrected chi connectivity index (χ1v) is 8.96. The third-order valence-electron chi connectivity index (χ3n) is 4.30. The summed E-state index contributed by atoms with van der Waals surface area (Å²) >= 11 is 3.23. The maximum absolute atomic E-state index is 14.0. The molecule has 0 fully saturated rings. The molecule has 142 valence electrons. The lowest BCUT2D eigenvalue weighted by atomic mass is 10.1. The molecule has 0 atom stereocenters. The van der Waals surface area contributed by atoms with E-state index < -0.39 is 16.6 Å². The molecule has 0 bridgehead atoms. The van der Waals surface area contributed by atoms with Crippen molar-refractivity contribution in [1.29, 1.82) is 0 Å². The lowest BCUT2D eigenvalue weighted by Gasteiger charge is -2.21. The predicted molar refractivity (Wildman–Crippen MR) is 102 cm³/mol. The van der Waals surface area contributed by atoms with E-state index in [1.807, 2.05) is 0 Å². The summed E-state index contributed by atoms with van der Waals surface area (Å²) in [5.41, 5.74) is 1.69. The third kappa shape index (κ3) is 3.38. The van der Waals surface area contributed by atoms with Crippen molar-refractivity contribution in [3.05, 3.63) is 79.6 Å². The zero-order valence-electron chi connectivity index (χ0n) is 14.2. The number of nitrogens with one attached hydrogen (secondary N) is 1. The van der Waals surface area contributed by atoms with Crippen molar-refractivity contribution < 1.29 is 13.7 Å². The first-order chi connectivity index (χ1) is 13.4. The van der Waals surface area contributed by atoms with Crippen LogP contribution in [-0.2, 0) is 13.1 Å². The molecule has 1 N–H and O–H groups in total. The molecule has 1 aliphatic rings. The van der Waals surface area contributed by atoms with Gasteiger partial charge >= 0.3 is 0 Å². The van der Waals surface area contributed by atoms with Crippen molar-refractivity contribution in [2.24, 2.45) is 5.10 Å². The van der Waals surface area contributed by atoms with E-state index in [2.05, 4.69) is 31.0 Å². The molecule has 1 aliphatic heterocycles. The van der Waals surface area contributed by atoms with Gasteiger partial charge in [-0.2, -0.15) is 5.10 Å². The minimum atomic E-state index is -0.979. The van der Waals surface area contributed by atoms with Crippen LogP contribution in [-0.4, -0.2) is 26.1 Å². The first-order valence-electron chi connectivity index (χ1n) is 8.17. The van der Waals surface area contributed by atoms with E-state index >= 15 is 0 Å². The van der Waals surface area contributed by atoms with Crippen LogP contribution < -0.4 is 0 Å². The molecular weight excluding hydrogens is 436 g/mol. The average molecular weight is 448 g/mol. The van der Waals surface area contributed by atoms with Crippen LogP contribution in [0.1, 0.15) is 17.0 Å². The Morgan fingerprint density at radius 2 is 2.11 bits per heavy atom. The van der Waals surface area contributed by atoms with Gasteiger partial charge in [-0.25, -0.2) is 13.8 Å². The Morgan fingerprint density at radius 3 is 2.89 bits per heavy atom. The fourth-order valence-corrected chi connectivity index (χ4v) is 3.31. The van der Waals surface area contributed by atoms with E-state index in [0.717, 1.165) is 6.07 Å². The highest BCUT2D eigenvalue weighted by Gasteiger charge is 2.22. The molecule has 0 saturated heterocycles. The number of fused-ring (bicyclic) bond motifs is 1. The molecule has 0 amide bonds. The Labute approximate surface area is 166 Å². The third-order valence-corrected chi connectivity index (χ3v) is 4.79. The Morgan fingerprint density at radius 1 is 1.29 bits per heavy atom. The molecule has 7 nitrogen and oxygen atoms in total. The summed E-state index contributed by atoms with van der Waals surface area (Å²) in [6, 6.07) is 8.70. The van der Waals surface area contributed by atoms with Crippen molar-refractivity contribution in [1.82, 2.24) is 15.0 Å². The zero-order chi connectivity index (χ0) is 19.8. The number of halogens is 3. The second kappa shape index (κ2) is 7.12. The van der Waals surface area contributed by atoms with E-state index in [-0.39, 0.29) is 23.6 Å². The number of rotatable bonds is 4. The molecule has 0 radical (unpaired) electrons. The van der Waals surface area contributed by atoms with Gasteiger partial charge in [0.2, 0.25) is 0 Å². The number of aromatic amines is 1. The van der Waals surface area contributed by atoms with Crippen molar-refractivity contribution in [3.63, 3.8) is 0 Å². The highest BCUT2D eigenvalue weighted by atomic mass is 79.9. The highest BCUT2D eigenvalue weighted by Crippen LogP contribution is 2.28. The summed E-state index contributed by atoms with van der Waals surface area (Å²) in [4.78, 5) is 18.1. The van der Waals surface area contributed by atoms with Gasteiger partial charge in [-0.15, -0.1) is 0 Å². The topological polar surface area (TPSA) is 87.4 Å². The first kappa shape index (κ1) is 18.2. The number of aromatic nitrogens is 2. The smallest absolute Gasteiger partial charge is 0.275 e. The molecule has 3 aromatic rings. The standard InChI is InChI=1S/C18H12BrF2N5O2/c19-11-5-4-10(16(6-11)26(27)28)8-25-9-15-14(7-22-25)23-18(24-15)12-2-1-3-13(20)17(12)21/h1-7H,8-9H2,(H,23,24). The van der Waals surface area contributed by atoms with Gasteiger partial charge in [0.15, 0.2) is 11.6 Å². The fraction of sp³-hybridized carbons (Fsp3) is 0.111. The van der Waals surface area contributed by atoms with Gasteiger partial charge in [0, 0.05) is 10.5 Å². The quantitative estimate of drug-likeness (QED) is 0.474. The maximum Gasteiger partial charge on any atom is 0.275 e. The molecular formula is C18H12BrF2N5O2. The van der Waals surface area contributed by atoms with Gasteiger partial charge < -0.3 is 4.98 Å². The molecule has 0 aliphatic carbocycles. The van der Waals surface area contributed by atoms with Crippen LogP contribution in [0.4, 0.5) is 14.5 Å². The van der Waals surface area contributed by atoms with Gasteiger partial charge in [-0.3, -0.25) is 15.1 Å². The Kier molecular flexibility index (Phi) is 4.63. The monoisotopic (exact) mass is 447 g/mol. The van der Waals surface area contributed by atoms with Crippen molar-refractivity contribution in [3.8, 4) is 11.4 Å². The molecule has 4 rings (SSSR count).